The first-order valence-corrected chi connectivity index (χ1v) is 10.8. The molecule has 162 valence electrons. The van der Waals surface area contributed by atoms with Crippen molar-refractivity contribution in [3.8, 4) is 11.5 Å². The van der Waals surface area contributed by atoms with E-state index in [0.717, 1.165) is 0 Å². The van der Waals surface area contributed by atoms with Crippen molar-refractivity contribution in [3.63, 3.8) is 0 Å². The Balaban J connectivity index is 1.62. The molecule has 3 atom stereocenters. The fourth-order valence-electron chi connectivity index (χ4n) is 4.30. The van der Waals surface area contributed by atoms with Crippen LogP contribution in [0.15, 0.2) is 77.3 Å². The minimum Gasteiger partial charge on any atom is -0.504 e. The van der Waals surface area contributed by atoms with Gasteiger partial charge in [-0.2, -0.15) is 0 Å². The Morgan fingerprint density at radius 1 is 0.969 bits per heavy atom. The molecular weight excluding hydrogens is 476 g/mol. The zero-order valence-corrected chi connectivity index (χ0v) is 18.6. The van der Waals surface area contributed by atoms with Crippen LogP contribution >= 0.6 is 15.9 Å². The second-order valence-electron chi connectivity index (χ2n) is 7.55. The van der Waals surface area contributed by atoms with E-state index in [4.69, 9.17) is 9.57 Å². The Bertz CT molecular complexity index is 1200. The minimum atomic E-state index is -0.973. The SMILES string of the molecule is COc1cc([C@H]2[C@@H]3C(=O)N(c4ccccc4Br)C(=O)[C@H]3ON2c2ccccc2)ccc1O. The molecule has 32 heavy (non-hydrogen) atoms. The van der Waals surface area contributed by atoms with Gasteiger partial charge in [0.1, 0.15) is 5.92 Å². The zero-order valence-electron chi connectivity index (χ0n) is 17.0. The lowest BCUT2D eigenvalue weighted by Crippen LogP contribution is -2.37. The Morgan fingerprint density at radius 3 is 2.41 bits per heavy atom. The number of aromatic hydroxyl groups is 1. The molecule has 2 amide bonds. The average Bonchev–Trinajstić information content (AvgIpc) is 3.31. The molecule has 1 N–H and O–H groups in total. The number of amides is 2. The van der Waals surface area contributed by atoms with Crippen LogP contribution in [0.4, 0.5) is 11.4 Å². The van der Waals surface area contributed by atoms with Gasteiger partial charge in [-0.1, -0.05) is 36.4 Å². The van der Waals surface area contributed by atoms with Crippen molar-refractivity contribution in [3.05, 3.63) is 82.8 Å². The first-order valence-electron chi connectivity index (χ1n) is 10.0. The number of carbonyl (C=O) groups is 2. The molecule has 2 aliphatic rings. The van der Waals surface area contributed by atoms with Crippen LogP contribution in [0.25, 0.3) is 0 Å². The van der Waals surface area contributed by atoms with Crippen molar-refractivity contribution in [2.75, 3.05) is 17.1 Å². The number of phenols is 1. The normalized spacial score (nSPS) is 22.4. The molecule has 2 saturated heterocycles. The summed E-state index contributed by atoms with van der Waals surface area (Å²) in [5, 5.41) is 11.7. The van der Waals surface area contributed by atoms with Gasteiger partial charge < -0.3 is 9.84 Å². The van der Waals surface area contributed by atoms with Gasteiger partial charge in [-0.3, -0.25) is 14.4 Å². The Kier molecular flexibility index (Phi) is 5.11. The molecule has 3 aromatic carbocycles. The summed E-state index contributed by atoms with van der Waals surface area (Å²) in [5.74, 6) is -1.27. The molecule has 7 nitrogen and oxygen atoms in total. The number of ether oxygens (including phenoxy) is 1. The van der Waals surface area contributed by atoms with Gasteiger partial charge in [0.25, 0.3) is 5.91 Å². The van der Waals surface area contributed by atoms with Crippen molar-refractivity contribution in [2.45, 2.75) is 12.1 Å². The van der Waals surface area contributed by atoms with E-state index in [1.54, 1.807) is 35.4 Å². The summed E-state index contributed by atoms with van der Waals surface area (Å²) in [4.78, 5) is 34.3. The molecule has 0 radical (unpaired) electrons. The molecule has 5 rings (SSSR count). The number of phenolic OH excluding ortho intramolecular Hbond substituents is 1. The highest BCUT2D eigenvalue weighted by Gasteiger charge is 2.60. The topological polar surface area (TPSA) is 79.3 Å². The first-order chi connectivity index (χ1) is 15.5. The van der Waals surface area contributed by atoms with Gasteiger partial charge in [-0.25, -0.2) is 9.96 Å². The van der Waals surface area contributed by atoms with E-state index < -0.39 is 24.0 Å². The molecule has 0 saturated carbocycles. The maximum Gasteiger partial charge on any atom is 0.266 e. The van der Waals surface area contributed by atoms with Gasteiger partial charge in [0.15, 0.2) is 17.6 Å². The summed E-state index contributed by atoms with van der Waals surface area (Å²) < 4.78 is 5.92. The Labute approximate surface area is 192 Å². The van der Waals surface area contributed by atoms with E-state index in [9.17, 15) is 14.7 Å². The summed E-state index contributed by atoms with van der Waals surface area (Å²) in [7, 11) is 1.46. The second-order valence-corrected chi connectivity index (χ2v) is 8.41. The lowest BCUT2D eigenvalue weighted by molar-refractivity contribution is -0.126. The van der Waals surface area contributed by atoms with E-state index in [0.29, 0.717) is 21.4 Å². The third-order valence-corrected chi connectivity index (χ3v) is 6.44. The van der Waals surface area contributed by atoms with Crippen LogP contribution < -0.4 is 14.7 Å². The number of imide groups is 1. The number of hydrogen-bond acceptors (Lipinski definition) is 6. The third-order valence-electron chi connectivity index (χ3n) is 5.76. The van der Waals surface area contributed by atoms with Gasteiger partial charge in [0.05, 0.1) is 24.5 Å². The highest BCUT2D eigenvalue weighted by Crippen LogP contribution is 2.49. The Hall–Kier alpha value is -3.36. The van der Waals surface area contributed by atoms with Crippen LogP contribution in [0.1, 0.15) is 11.6 Å². The molecule has 0 aliphatic carbocycles. The van der Waals surface area contributed by atoms with E-state index >= 15 is 0 Å². The maximum atomic E-state index is 13.6. The molecule has 0 bridgehead atoms. The molecule has 2 aliphatic heterocycles. The van der Waals surface area contributed by atoms with Crippen LogP contribution in [-0.2, 0) is 14.4 Å². The van der Waals surface area contributed by atoms with E-state index in [-0.39, 0.29) is 17.4 Å². The summed E-state index contributed by atoms with van der Waals surface area (Å²) in [6, 6.07) is 20.7. The smallest absolute Gasteiger partial charge is 0.266 e. The highest BCUT2D eigenvalue weighted by molar-refractivity contribution is 9.10. The van der Waals surface area contributed by atoms with Gasteiger partial charge in [0.2, 0.25) is 5.91 Å². The Morgan fingerprint density at radius 2 is 1.69 bits per heavy atom. The third kappa shape index (κ3) is 3.14. The van der Waals surface area contributed by atoms with Crippen LogP contribution in [-0.4, -0.2) is 30.1 Å². The van der Waals surface area contributed by atoms with Gasteiger partial charge >= 0.3 is 0 Å². The average molecular weight is 495 g/mol. The number of hydrogen-bond donors (Lipinski definition) is 1. The first kappa shape index (κ1) is 20.5. The van der Waals surface area contributed by atoms with Crippen LogP contribution in [0, 0.1) is 5.92 Å². The predicted molar refractivity (Wildman–Crippen MR) is 121 cm³/mol. The summed E-state index contributed by atoms with van der Waals surface area (Å²) in [6.45, 7) is 0. The molecule has 3 aromatic rings. The number of nitrogens with zero attached hydrogens (tertiary/aromatic N) is 2. The van der Waals surface area contributed by atoms with E-state index in [2.05, 4.69) is 15.9 Å². The zero-order chi connectivity index (χ0) is 22.4. The molecule has 8 heteroatoms. The number of fused-ring (bicyclic) bond motifs is 1. The van der Waals surface area contributed by atoms with Crippen molar-refractivity contribution in [1.29, 1.82) is 0 Å². The molecule has 2 fully saturated rings. The van der Waals surface area contributed by atoms with Crippen LogP contribution in [0.3, 0.4) is 0 Å². The van der Waals surface area contributed by atoms with Gasteiger partial charge in [-0.15, -0.1) is 0 Å². The van der Waals surface area contributed by atoms with Crippen molar-refractivity contribution < 1.29 is 24.3 Å². The maximum absolute atomic E-state index is 13.6. The number of benzene rings is 3. The molecule has 0 spiro atoms. The summed E-state index contributed by atoms with van der Waals surface area (Å²) in [6.07, 6.45) is -0.973. The predicted octanol–water partition coefficient (Wildman–Crippen LogP) is 4.21. The molecule has 2 heterocycles. The lowest BCUT2D eigenvalue weighted by Gasteiger charge is -2.29. The number of methoxy groups -OCH3 is 1. The van der Waals surface area contributed by atoms with Crippen molar-refractivity contribution in [2.24, 2.45) is 5.92 Å². The number of carbonyl (C=O) groups excluding carboxylic acids is 2. The fourth-order valence-corrected chi connectivity index (χ4v) is 4.76. The lowest BCUT2D eigenvalue weighted by atomic mass is 9.90. The molecule has 0 aromatic heterocycles. The second kappa shape index (κ2) is 7.96. The summed E-state index contributed by atoms with van der Waals surface area (Å²) >= 11 is 3.43. The quantitative estimate of drug-likeness (QED) is 0.547. The number of hydroxylamine groups is 1. The number of anilines is 2. The number of halogens is 1. The van der Waals surface area contributed by atoms with Gasteiger partial charge in [0, 0.05) is 4.47 Å². The number of rotatable bonds is 4. The highest BCUT2D eigenvalue weighted by atomic mass is 79.9. The monoisotopic (exact) mass is 494 g/mol. The largest absolute Gasteiger partial charge is 0.504 e. The van der Waals surface area contributed by atoms with Crippen LogP contribution in [0.5, 0.6) is 11.5 Å². The van der Waals surface area contributed by atoms with Crippen molar-refractivity contribution >= 4 is 39.1 Å². The molecule has 0 unspecified atom stereocenters. The fraction of sp³-hybridized carbons (Fsp3) is 0.167. The minimum absolute atomic E-state index is 0.0124. The molecular formula is C24H19BrN2O5. The van der Waals surface area contributed by atoms with Crippen LogP contribution in [0.2, 0.25) is 0 Å². The number of para-hydroxylation sites is 2. The van der Waals surface area contributed by atoms with Gasteiger partial charge in [-0.05, 0) is 57.9 Å². The standard InChI is InChI=1S/C24H19BrN2O5/c1-31-19-13-14(11-12-18(19)28)21-20-22(32-27(21)15-7-3-2-4-8-15)24(30)26(23(20)29)17-10-6-5-9-16(17)25/h2-13,20-22,28H,1H3/t20-,21-,22-/m0/s1. The van der Waals surface area contributed by atoms with E-state index in [1.807, 2.05) is 36.4 Å². The van der Waals surface area contributed by atoms with Crippen molar-refractivity contribution in [1.82, 2.24) is 0 Å². The van der Waals surface area contributed by atoms with E-state index in [1.165, 1.54) is 18.1 Å². The summed E-state index contributed by atoms with van der Waals surface area (Å²) in [5.41, 5.74) is 1.88.